The van der Waals surface area contributed by atoms with Gasteiger partial charge in [0.25, 0.3) is 5.91 Å². The summed E-state index contributed by atoms with van der Waals surface area (Å²) in [4.78, 5) is 23.3. The molecule has 0 radical (unpaired) electrons. The fraction of sp³-hybridized carbons (Fsp3) is 0.652. The predicted molar refractivity (Wildman–Crippen MR) is 105 cm³/mol. The SMILES string of the molecule is CC(=O)CCc1ccc(OCC(=O)NCC23CC4CC(CC(C4)C2)C3)cc1. The molecule has 0 spiro atoms. The molecule has 0 aromatic heterocycles. The van der Waals surface area contributed by atoms with Crippen molar-refractivity contribution in [3.63, 3.8) is 0 Å². The van der Waals surface area contributed by atoms with Crippen LogP contribution < -0.4 is 10.1 Å². The molecule has 5 rings (SSSR count). The first-order valence-corrected chi connectivity index (χ1v) is 10.5. The van der Waals surface area contributed by atoms with Crippen molar-refractivity contribution in [2.45, 2.75) is 58.3 Å². The molecule has 1 aromatic rings. The molecule has 0 atom stereocenters. The minimum atomic E-state index is -0.0219. The summed E-state index contributed by atoms with van der Waals surface area (Å²) in [6.45, 7) is 2.50. The largest absolute Gasteiger partial charge is 0.484 e. The quantitative estimate of drug-likeness (QED) is 0.756. The van der Waals surface area contributed by atoms with Crippen LogP contribution in [0.25, 0.3) is 0 Å². The van der Waals surface area contributed by atoms with Gasteiger partial charge in [0.2, 0.25) is 0 Å². The van der Waals surface area contributed by atoms with Crippen LogP contribution in [0.15, 0.2) is 24.3 Å². The van der Waals surface area contributed by atoms with Crippen LogP contribution in [-0.4, -0.2) is 24.8 Å². The summed E-state index contributed by atoms with van der Waals surface area (Å²) < 4.78 is 5.64. The molecular formula is C23H31NO3. The van der Waals surface area contributed by atoms with E-state index in [9.17, 15) is 9.59 Å². The van der Waals surface area contributed by atoms with Gasteiger partial charge < -0.3 is 14.8 Å². The number of ketones is 1. The Morgan fingerprint density at radius 3 is 2.19 bits per heavy atom. The van der Waals surface area contributed by atoms with E-state index in [0.717, 1.165) is 36.3 Å². The van der Waals surface area contributed by atoms with Crippen molar-refractivity contribution in [2.75, 3.05) is 13.2 Å². The Hall–Kier alpha value is -1.84. The molecule has 4 fully saturated rings. The van der Waals surface area contributed by atoms with Gasteiger partial charge in [-0.15, -0.1) is 0 Å². The van der Waals surface area contributed by atoms with Gasteiger partial charge in [-0.25, -0.2) is 0 Å². The van der Waals surface area contributed by atoms with Crippen LogP contribution >= 0.6 is 0 Å². The highest BCUT2D eigenvalue weighted by atomic mass is 16.5. The van der Waals surface area contributed by atoms with Crippen LogP contribution in [0.3, 0.4) is 0 Å². The molecular weight excluding hydrogens is 338 g/mol. The van der Waals surface area contributed by atoms with E-state index >= 15 is 0 Å². The molecule has 1 amide bonds. The van der Waals surface area contributed by atoms with Crippen molar-refractivity contribution in [3.05, 3.63) is 29.8 Å². The molecule has 27 heavy (non-hydrogen) atoms. The van der Waals surface area contributed by atoms with Gasteiger partial charge in [0, 0.05) is 13.0 Å². The first-order valence-electron chi connectivity index (χ1n) is 10.5. The number of benzene rings is 1. The first kappa shape index (κ1) is 18.5. The van der Waals surface area contributed by atoms with Gasteiger partial charge >= 0.3 is 0 Å². The van der Waals surface area contributed by atoms with Crippen molar-refractivity contribution in [1.29, 1.82) is 0 Å². The summed E-state index contributed by atoms with van der Waals surface area (Å²) in [5, 5.41) is 3.15. The molecule has 4 aliphatic carbocycles. The molecule has 0 heterocycles. The third kappa shape index (κ3) is 4.53. The van der Waals surface area contributed by atoms with E-state index in [-0.39, 0.29) is 18.3 Å². The maximum Gasteiger partial charge on any atom is 0.257 e. The Morgan fingerprint density at radius 1 is 1.04 bits per heavy atom. The number of rotatable bonds is 8. The summed E-state index contributed by atoms with van der Waals surface area (Å²) in [5.74, 6) is 3.60. The summed E-state index contributed by atoms with van der Waals surface area (Å²) in [7, 11) is 0. The smallest absolute Gasteiger partial charge is 0.257 e. The van der Waals surface area contributed by atoms with Gasteiger partial charge in [-0.05, 0) is 92.7 Å². The number of hydrogen-bond acceptors (Lipinski definition) is 3. The number of nitrogens with one attached hydrogen (secondary N) is 1. The highest BCUT2D eigenvalue weighted by Gasteiger charge is 2.50. The number of hydrogen-bond donors (Lipinski definition) is 1. The average molecular weight is 370 g/mol. The van der Waals surface area contributed by atoms with E-state index in [0.29, 0.717) is 17.6 Å². The standard InChI is InChI=1S/C23H31NO3/c1-16(25)2-3-17-4-6-21(7-5-17)27-14-22(26)24-15-23-11-18-8-19(12-23)10-20(9-18)13-23/h4-7,18-20H,2-3,8-15H2,1H3,(H,24,26). The zero-order chi connectivity index (χ0) is 18.9. The summed E-state index contributed by atoms with van der Waals surface area (Å²) in [5.41, 5.74) is 1.48. The summed E-state index contributed by atoms with van der Waals surface area (Å²) >= 11 is 0. The number of ether oxygens (including phenoxy) is 1. The van der Waals surface area contributed by atoms with Gasteiger partial charge in [-0.1, -0.05) is 12.1 Å². The molecule has 0 aliphatic heterocycles. The predicted octanol–water partition coefficient (Wildman–Crippen LogP) is 3.92. The lowest BCUT2D eigenvalue weighted by Crippen LogP contribution is -2.51. The lowest BCUT2D eigenvalue weighted by molar-refractivity contribution is -0.125. The summed E-state index contributed by atoms with van der Waals surface area (Å²) in [6.07, 6.45) is 9.52. The number of aryl methyl sites for hydroxylation is 1. The fourth-order valence-electron chi connectivity index (χ4n) is 6.07. The van der Waals surface area contributed by atoms with E-state index in [4.69, 9.17) is 4.74 Å². The van der Waals surface area contributed by atoms with Crippen LogP contribution in [0, 0.1) is 23.2 Å². The van der Waals surface area contributed by atoms with E-state index in [2.05, 4.69) is 5.32 Å². The van der Waals surface area contributed by atoms with Crippen molar-refractivity contribution < 1.29 is 14.3 Å². The van der Waals surface area contributed by atoms with E-state index in [1.54, 1.807) is 6.92 Å². The lowest BCUT2D eigenvalue weighted by Gasteiger charge is -2.56. The normalized spacial score (nSPS) is 30.9. The van der Waals surface area contributed by atoms with Gasteiger partial charge in [0.05, 0.1) is 0 Å². The zero-order valence-corrected chi connectivity index (χ0v) is 16.3. The third-order valence-corrected chi connectivity index (χ3v) is 6.88. The molecule has 4 bridgehead atoms. The maximum atomic E-state index is 12.3. The van der Waals surface area contributed by atoms with Gasteiger partial charge in [-0.3, -0.25) is 4.79 Å². The van der Waals surface area contributed by atoms with E-state index in [1.807, 2.05) is 24.3 Å². The van der Waals surface area contributed by atoms with Crippen LogP contribution in [0.1, 0.15) is 57.4 Å². The second-order valence-electron chi connectivity index (χ2n) is 9.33. The molecule has 4 saturated carbocycles. The molecule has 4 heteroatoms. The average Bonchev–Trinajstić information content (AvgIpc) is 2.63. The van der Waals surface area contributed by atoms with Gasteiger partial charge in [0.1, 0.15) is 11.5 Å². The van der Waals surface area contributed by atoms with Crippen molar-refractivity contribution >= 4 is 11.7 Å². The van der Waals surface area contributed by atoms with Crippen molar-refractivity contribution in [1.82, 2.24) is 5.32 Å². The molecule has 0 saturated heterocycles. The minimum Gasteiger partial charge on any atom is -0.484 e. The minimum absolute atomic E-state index is 0.0219. The first-order chi connectivity index (χ1) is 13.0. The molecule has 0 unspecified atom stereocenters. The molecule has 4 nitrogen and oxygen atoms in total. The van der Waals surface area contributed by atoms with Crippen LogP contribution in [0.4, 0.5) is 0 Å². The molecule has 1 N–H and O–H groups in total. The van der Waals surface area contributed by atoms with Crippen molar-refractivity contribution in [3.8, 4) is 5.75 Å². The summed E-state index contributed by atoms with van der Waals surface area (Å²) in [6, 6.07) is 7.68. The van der Waals surface area contributed by atoms with Gasteiger partial charge in [-0.2, -0.15) is 0 Å². The highest BCUT2D eigenvalue weighted by Crippen LogP contribution is 2.59. The highest BCUT2D eigenvalue weighted by molar-refractivity contribution is 5.77. The molecule has 146 valence electrons. The lowest BCUT2D eigenvalue weighted by atomic mass is 9.49. The number of amides is 1. The Balaban J connectivity index is 1.21. The molecule has 4 aliphatic rings. The zero-order valence-electron chi connectivity index (χ0n) is 16.3. The Morgan fingerprint density at radius 2 is 1.63 bits per heavy atom. The third-order valence-electron chi connectivity index (χ3n) is 6.88. The van der Waals surface area contributed by atoms with E-state index < -0.39 is 0 Å². The van der Waals surface area contributed by atoms with Gasteiger partial charge in [0.15, 0.2) is 6.61 Å². The Kier molecular flexibility index (Phi) is 5.25. The topological polar surface area (TPSA) is 55.4 Å². The number of Topliss-reactive ketones (excluding diaryl/α,β-unsaturated/α-hetero) is 1. The van der Waals surface area contributed by atoms with Crippen LogP contribution in [-0.2, 0) is 16.0 Å². The Labute approximate surface area is 162 Å². The Bertz CT molecular complexity index is 659. The maximum absolute atomic E-state index is 12.3. The second kappa shape index (κ2) is 7.65. The monoisotopic (exact) mass is 369 g/mol. The molecule has 1 aromatic carbocycles. The van der Waals surface area contributed by atoms with E-state index in [1.165, 1.54) is 38.5 Å². The van der Waals surface area contributed by atoms with Crippen LogP contribution in [0.5, 0.6) is 5.75 Å². The number of carbonyl (C=O) groups is 2. The second-order valence-corrected chi connectivity index (χ2v) is 9.33. The van der Waals surface area contributed by atoms with Crippen molar-refractivity contribution in [2.24, 2.45) is 23.2 Å². The fourth-order valence-corrected chi connectivity index (χ4v) is 6.07. The number of carbonyl (C=O) groups excluding carboxylic acids is 2. The van der Waals surface area contributed by atoms with Crippen LogP contribution in [0.2, 0.25) is 0 Å².